The Morgan fingerprint density at radius 1 is 1.20 bits per heavy atom. The van der Waals surface area contributed by atoms with Crippen LogP contribution in [0.15, 0.2) is 18.2 Å². The Kier molecular flexibility index (Phi) is 2.37. The van der Waals surface area contributed by atoms with Crippen LogP contribution in [0.1, 0.15) is 23.7 Å². The summed E-state index contributed by atoms with van der Waals surface area (Å²) in [5.41, 5.74) is -0.0787. The quantitative estimate of drug-likeness (QED) is 0.582. The lowest BCUT2D eigenvalue weighted by Crippen LogP contribution is -2.38. The number of phenols is 3. The second-order valence-corrected chi connectivity index (χ2v) is 5.04. The molecule has 1 heterocycles. The molecule has 0 saturated heterocycles. The van der Waals surface area contributed by atoms with E-state index in [0.717, 1.165) is 6.07 Å². The number of hydrogen-bond donors (Lipinski definition) is 4. The second kappa shape index (κ2) is 3.77. The number of aliphatic hydroxyl groups is 1. The van der Waals surface area contributed by atoms with Gasteiger partial charge in [0.15, 0.2) is 5.78 Å². The normalized spacial score (nSPS) is 21.6. The summed E-state index contributed by atoms with van der Waals surface area (Å²) in [6.45, 7) is 1.34. The van der Waals surface area contributed by atoms with Crippen molar-refractivity contribution in [2.24, 2.45) is 0 Å². The van der Waals surface area contributed by atoms with Crippen molar-refractivity contribution in [3.63, 3.8) is 0 Å². The fraction of sp³-hybridized carbons (Fsp3) is 0.214. The maximum Gasteiger partial charge on any atom is 0.212 e. The number of carbonyl (C=O) groups is 1. The average molecular weight is 276 g/mol. The number of Topliss-reactive ketones (excluding diaryl/α,β-unsaturated/α-hetero) is 1. The summed E-state index contributed by atoms with van der Waals surface area (Å²) in [5, 5.41) is 39.6. The zero-order valence-corrected chi connectivity index (χ0v) is 10.5. The molecule has 0 amide bonds. The number of ketones is 1. The van der Waals surface area contributed by atoms with Crippen LogP contribution in [0.2, 0.25) is 0 Å². The molecule has 1 aliphatic rings. The lowest BCUT2D eigenvalue weighted by molar-refractivity contribution is -0.123. The fourth-order valence-electron chi connectivity index (χ4n) is 2.47. The predicted molar refractivity (Wildman–Crippen MR) is 69.1 cm³/mol. The first-order valence-electron chi connectivity index (χ1n) is 5.95. The topological polar surface area (TPSA) is 107 Å². The summed E-state index contributed by atoms with van der Waals surface area (Å²) in [4.78, 5) is 12.0. The van der Waals surface area contributed by atoms with Crippen molar-refractivity contribution in [2.45, 2.75) is 19.1 Å². The Morgan fingerprint density at radius 3 is 2.60 bits per heavy atom. The molecule has 2 aromatic carbocycles. The monoisotopic (exact) mass is 276 g/mol. The Morgan fingerprint density at radius 2 is 1.90 bits per heavy atom. The number of phenolic OH excluding ortho intramolecular Hbond substituents is 3. The van der Waals surface area contributed by atoms with Gasteiger partial charge in [-0.2, -0.15) is 0 Å². The lowest BCUT2D eigenvalue weighted by Gasteiger charge is -2.30. The number of hydrogen-bond acceptors (Lipinski definition) is 6. The van der Waals surface area contributed by atoms with E-state index in [9.17, 15) is 25.2 Å². The van der Waals surface area contributed by atoms with Gasteiger partial charge in [0.25, 0.3) is 0 Å². The van der Waals surface area contributed by atoms with Crippen LogP contribution in [-0.2, 0) is 0 Å². The van der Waals surface area contributed by atoms with Crippen LogP contribution in [0, 0.1) is 0 Å². The first kappa shape index (κ1) is 12.6. The summed E-state index contributed by atoms with van der Waals surface area (Å²) in [6, 6.07) is 3.76. The maximum absolute atomic E-state index is 12.0. The molecule has 0 fully saturated rings. The highest BCUT2D eigenvalue weighted by Crippen LogP contribution is 2.45. The van der Waals surface area contributed by atoms with Crippen LogP contribution < -0.4 is 4.74 Å². The molecule has 1 unspecified atom stereocenters. The number of ether oxygens (including phenoxy) is 1. The van der Waals surface area contributed by atoms with Gasteiger partial charge in [0.2, 0.25) is 5.79 Å². The third kappa shape index (κ3) is 1.73. The zero-order valence-electron chi connectivity index (χ0n) is 10.5. The Balaban J connectivity index is 2.38. The van der Waals surface area contributed by atoms with Crippen molar-refractivity contribution in [1.29, 1.82) is 0 Å². The Labute approximate surface area is 113 Å². The van der Waals surface area contributed by atoms with Crippen molar-refractivity contribution >= 4 is 16.6 Å². The Bertz CT molecular complexity index is 747. The van der Waals surface area contributed by atoms with Crippen LogP contribution in [0.4, 0.5) is 0 Å². The molecule has 20 heavy (non-hydrogen) atoms. The minimum absolute atomic E-state index is 0.0150. The number of carbonyl (C=O) groups excluding carboxylic acids is 1. The molecule has 0 saturated carbocycles. The zero-order chi connectivity index (χ0) is 14.7. The van der Waals surface area contributed by atoms with E-state index in [1.165, 1.54) is 19.1 Å². The van der Waals surface area contributed by atoms with Gasteiger partial charge >= 0.3 is 0 Å². The summed E-state index contributed by atoms with van der Waals surface area (Å²) >= 11 is 0. The van der Waals surface area contributed by atoms with Crippen molar-refractivity contribution in [3.8, 4) is 23.0 Å². The predicted octanol–water partition coefficient (Wildman–Crippen LogP) is 1.63. The minimum atomic E-state index is -1.65. The van der Waals surface area contributed by atoms with Gasteiger partial charge in [-0.25, -0.2) is 0 Å². The molecular formula is C14H12O6. The molecule has 0 bridgehead atoms. The molecule has 4 N–H and O–H groups in total. The van der Waals surface area contributed by atoms with Gasteiger partial charge in [-0.3, -0.25) is 4.79 Å². The average Bonchev–Trinajstić information content (AvgIpc) is 2.24. The highest BCUT2D eigenvalue weighted by atomic mass is 16.6. The van der Waals surface area contributed by atoms with Gasteiger partial charge in [0.05, 0.1) is 11.8 Å². The van der Waals surface area contributed by atoms with Crippen molar-refractivity contribution in [1.82, 2.24) is 0 Å². The lowest BCUT2D eigenvalue weighted by atomic mass is 9.94. The molecule has 104 valence electrons. The van der Waals surface area contributed by atoms with E-state index in [1.807, 2.05) is 0 Å². The second-order valence-electron chi connectivity index (χ2n) is 5.04. The molecule has 2 aromatic rings. The van der Waals surface area contributed by atoms with Gasteiger partial charge in [-0.05, 0) is 17.5 Å². The van der Waals surface area contributed by atoms with Gasteiger partial charge in [0, 0.05) is 13.0 Å². The molecular weight excluding hydrogens is 264 g/mol. The number of fused-ring (bicyclic) bond motifs is 2. The van der Waals surface area contributed by atoms with E-state index in [-0.39, 0.29) is 34.6 Å². The van der Waals surface area contributed by atoms with E-state index < -0.39 is 17.3 Å². The van der Waals surface area contributed by atoms with E-state index in [0.29, 0.717) is 5.39 Å². The SMILES string of the molecule is CC1(O)CC(=O)c2c(cc3cc(O)cc(O)c3c2O)O1. The summed E-state index contributed by atoms with van der Waals surface area (Å²) in [6.07, 6.45) is -0.294. The van der Waals surface area contributed by atoms with Crippen LogP contribution in [0.5, 0.6) is 23.0 Å². The highest BCUT2D eigenvalue weighted by molar-refractivity contribution is 6.10. The fourth-order valence-corrected chi connectivity index (χ4v) is 2.47. The molecule has 1 atom stereocenters. The summed E-state index contributed by atoms with van der Waals surface area (Å²) < 4.78 is 5.27. The van der Waals surface area contributed by atoms with Crippen LogP contribution in [0.25, 0.3) is 10.8 Å². The molecule has 6 heteroatoms. The number of rotatable bonds is 0. The molecule has 0 spiro atoms. The molecule has 0 aromatic heterocycles. The number of benzene rings is 2. The molecule has 3 rings (SSSR count). The summed E-state index contributed by atoms with van der Waals surface area (Å²) in [5.74, 6) is -3.07. The van der Waals surface area contributed by atoms with Gasteiger partial charge in [0.1, 0.15) is 28.6 Å². The highest BCUT2D eigenvalue weighted by Gasteiger charge is 2.37. The molecule has 6 nitrogen and oxygen atoms in total. The number of aromatic hydroxyl groups is 3. The van der Waals surface area contributed by atoms with Gasteiger partial charge < -0.3 is 25.2 Å². The van der Waals surface area contributed by atoms with Gasteiger partial charge in [-0.1, -0.05) is 0 Å². The third-order valence-corrected chi connectivity index (χ3v) is 3.24. The van der Waals surface area contributed by atoms with Gasteiger partial charge in [-0.15, -0.1) is 0 Å². The molecule has 1 aliphatic heterocycles. The van der Waals surface area contributed by atoms with Crippen LogP contribution >= 0.6 is 0 Å². The molecule has 0 radical (unpaired) electrons. The van der Waals surface area contributed by atoms with E-state index in [2.05, 4.69) is 0 Å². The summed E-state index contributed by atoms with van der Waals surface area (Å²) in [7, 11) is 0. The van der Waals surface area contributed by atoms with Crippen molar-refractivity contribution in [3.05, 3.63) is 23.8 Å². The first-order chi connectivity index (χ1) is 9.28. The van der Waals surface area contributed by atoms with Crippen molar-refractivity contribution < 1.29 is 30.0 Å². The van der Waals surface area contributed by atoms with E-state index in [1.54, 1.807) is 0 Å². The third-order valence-electron chi connectivity index (χ3n) is 3.24. The van der Waals surface area contributed by atoms with E-state index >= 15 is 0 Å². The molecule has 0 aliphatic carbocycles. The van der Waals surface area contributed by atoms with Crippen LogP contribution in [-0.4, -0.2) is 32.0 Å². The minimum Gasteiger partial charge on any atom is -0.508 e. The Hall–Kier alpha value is -2.47. The van der Waals surface area contributed by atoms with Crippen molar-refractivity contribution in [2.75, 3.05) is 0 Å². The first-order valence-corrected chi connectivity index (χ1v) is 5.95. The maximum atomic E-state index is 12.0. The van der Waals surface area contributed by atoms with E-state index in [4.69, 9.17) is 4.74 Å². The smallest absolute Gasteiger partial charge is 0.212 e. The largest absolute Gasteiger partial charge is 0.508 e. The standard InChI is InChI=1S/C14H12O6/c1-14(19)5-9(17)12-10(20-14)3-6-2-7(15)4-8(16)11(6)13(12)18/h2-4,15-16,18-19H,5H2,1H3. The van der Waals surface area contributed by atoms with Crippen LogP contribution in [0.3, 0.4) is 0 Å².